The average Bonchev–Trinajstić information content (AvgIpc) is 3.14. The number of likely N-dealkylation sites (tertiary alicyclic amines) is 1. The summed E-state index contributed by atoms with van der Waals surface area (Å²) in [5.41, 5.74) is 0.759. The lowest BCUT2D eigenvalue weighted by atomic mass is 10.1. The topological polar surface area (TPSA) is 88.2 Å². The molecule has 2 aromatic rings. The minimum atomic E-state index is -0.549. The quantitative estimate of drug-likeness (QED) is 0.641. The van der Waals surface area contributed by atoms with Gasteiger partial charge in [-0.2, -0.15) is 0 Å². The van der Waals surface area contributed by atoms with Gasteiger partial charge in [0.05, 0.1) is 22.7 Å². The van der Waals surface area contributed by atoms with Gasteiger partial charge in [-0.25, -0.2) is 4.79 Å². The molecule has 2 aliphatic rings. The Labute approximate surface area is 195 Å². The summed E-state index contributed by atoms with van der Waals surface area (Å²) in [6.45, 7) is 1.30. The Hall–Kier alpha value is -2.97. The van der Waals surface area contributed by atoms with E-state index in [4.69, 9.17) is 32.7 Å². The number of carbonyl (C=O) groups excluding carboxylic acids is 3. The van der Waals surface area contributed by atoms with Gasteiger partial charge in [-0.3, -0.25) is 19.8 Å². The van der Waals surface area contributed by atoms with Gasteiger partial charge >= 0.3 is 6.03 Å². The molecule has 2 fully saturated rings. The highest BCUT2D eigenvalue weighted by molar-refractivity contribution is 6.38. The lowest BCUT2D eigenvalue weighted by Gasteiger charge is -2.27. The molecule has 0 aromatic heterocycles. The van der Waals surface area contributed by atoms with Gasteiger partial charge in [-0.1, -0.05) is 23.2 Å². The van der Waals surface area contributed by atoms with Gasteiger partial charge in [-0.05, 0) is 49.6 Å². The maximum absolute atomic E-state index is 13.0. The van der Waals surface area contributed by atoms with Crippen LogP contribution in [0, 0.1) is 0 Å². The number of hydrogen-bond donors (Lipinski definition) is 1. The first-order valence-electron chi connectivity index (χ1n) is 10.1. The maximum atomic E-state index is 13.0. The molecule has 0 aliphatic carbocycles. The molecule has 168 valence electrons. The molecule has 2 aromatic carbocycles. The molecule has 1 N–H and O–H groups in total. The highest BCUT2D eigenvalue weighted by Crippen LogP contribution is 2.41. The number of rotatable bonds is 5. The molecule has 0 bridgehead atoms. The number of anilines is 1. The highest BCUT2D eigenvalue weighted by atomic mass is 35.5. The molecule has 0 atom stereocenters. The van der Waals surface area contributed by atoms with Crippen molar-refractivity contribution in [3.05, 3.63) is 45.9 Å². The van der Waals surface area contributed by atoms with Gasteiger partial charge in [0, 0.05) is 18.8 Å². The SMILES string of the molecule is COc1ccc(Oc2c(Cl)cc(N3CC(=O)NC3=O)cc2Cl)cc1C(=O)N1CCCCC1. The van der Waals surface area contributed by atoms with Crippen LogP contribution >= 0.6 is 23.2 Å². The summed E-state index contributed by atoms with van der Waals surface area (Å²) in [5, 5.41) is 2.50. The third kappa shape index (κ3) is 4.47. The van der Waals surface area contributed by atoms with E-state index in [1.165, 1.54) is 24.1 Å². The van der Waals surface area contributed by atoms with Gasteiger partial charge in [0.15, 0.2) is 5.75 Å². The van der Waals surface area contributed by atoms with E-state index in [0.717, 1.165) is 19.3 Å². The minimum absolute atomic E-state index is 0.119. The van der Waals surface area contributed by atoms with Crippen LogP contribution in [0.25, 0.3) is 0 Å². The van der Waals surface area contributed by atoms with Crippen LogP contribution in [0.4, 0.5) is 10.5 Å². The van der Waals surface area contributed by atoms with E-state index in [2.05, 4.69) is 5.32 Å². The minimum Gasteiger partial charge on any atom is -0.496 e. The number of nitrogens with one attached hydrogen (secondary N) is 1. The molecule has 4 amide bonds. The number of halogens is 2. The van der Waals surface area contributed by atoms with Crippen LogP contribution in [-0.2, 0) is 4.79 Å². The Bertz CT molecular complexity index is 1060. The Morgan fingerprint density at radius 1 is 1.03 bits per heavy atom. The van der Waals surface area contributed by atoms with Gasteiger partial charge in [0.2, 0.25) is 5.91 Å². The number of carbonyl (C=O) groups is 3. The van der Waals surface area contributed by atoms with Crippen LogP contribution in [0.3, 0.4) is 0 Å². The van der Waals surface area contributed by atoms with Crippen molar-refractivity contribution in [2.45, 2.75) is 19.3 Å². The monoisotopic (exact) mass is 477 g/mol. The van der Waals surface area contributed by atoms with Crippen LogP contribution in [-0.4, -0.2) is 49.5 Å². The van der Waals surface area contributed by atoms with E-state index in [-0.39, 0.29) is 28.2 Å². The van der Waals surface area contributed by atoms with E-state index >= 15 is 0 Å². The van der Waals surface area contributed by atoms with E-state index in [9.17, 15) is 14.4 Å². The van der Waals surface area contributed by atoms with Gasteiger partial charge in [0.25, 0.3) is 5.91 Å². The summed E-state index contributed by atoms with van der Waals surface area (Å²) >= 11 is 12.8. The number of ether oxygens (including phenoxy) is 2. The number of nitrogens with zero attached hydrogens (tertiary/aromatic N) is 2. The predicted molar refractivity (Wildman–Crippen MR) is 120 cm³/mol. The van der Waals surface area contributed by atoms with Gasteiger partial charge in [0.1, 0.15) is 18.0 Å². The zero-order chi connectivity index (χ0) is 22.8. The van der Waals surface area contributed by atoms with Crippen LogP contribution in [0.2, 0.25) is 10.0 Å². The fourth-order valence-corrected chi connectivity index (χ4v) is 4.31. The lowest BCUT2D eigenvalue weighted by molar-refractivity contribution is -0.117. The standard InChI is InChI=1S/C22H21Cl2N3O5/c1-31-18-6-5-14(11-15(18)21(29)26-7-3-2-4-8-26)32-20-16(23)9-13(10-17(20)24)27-12-19(28)25-22(27)30/h5-6,9-11H,2-4,7-8,12H2,1H3,(H,25,28,30). The van der Waals surface area contributed by atoms with E-state index < -0.39 is 11.9 Å². The van der Waals surface area contributed by atoms with Crippen LogP contribution in [0.1, 0.15) is 29.6 Å². The van der Waals surface area contributed by atoms with Gasteiger partial charge < -0.3 is 14.4 Å². The number of imide groups is 1. The first-order valence-corrected chi connectivity index (χ1v) is 10.9. The molecule has 0 unspecified atom stereocenters. The molecule has 0 radical (unpaired) electrons. The van der Waals surface area contributed by atoms with Gasteiger partial charge in [-0.15, -0.1) is 0 Å². The summed E-state index contributed by atoms with van der Waals surface area (Å²) in [6, 6.07) is 7.34. The molecule has 2 aliphatic heterocycles. The zero-order valence-corrected chi connectivity index (χ0v) is 18.8. The lowest BCUT2D eigenvalue weighted by Crippen LogP contribution is -2.35. The highest BCUT2D eigenvalue weighted by Gasteiger charge is 2.29. The second kappa shape index (κ2) is 9.26. The van der Waals surface area contributed by atoms with Crippen molar-refractivity contribution in [3.8, 4) is 17.2 Å². The van der Waals surface area contributed by atoms with Crippen molar-refractivity contribution in [1.82, 2.24) is 10.2 Å². The summed E-state index contributed by atoms with van der Waals surface area (Å²) < 4.78 is 11.3. The largest absolute Gasteiger partial charge is 0.496 e. The van der Waals surface area contributed by atoms with E-state index in [1.54, 1.807) is 18.2 Å². The van der Waals surface area contributed by atoms with Crippen molar-refractivity contribution < 1.29 is 23.9 Å². The first-order chi connectivity index (χ1) is 15.4. The molecule has 0 spiro atoms. The van der Waals surface area contributed by atoms with Crippen LogP contribution in [0.5, 0.6) is 17.2 Å². The summed E-state index contributed by atoms with van der Waals surface area (Å²) in [5.74, 6) is 0.447. The third-order valence-electron chi connectivity index (χ3n) is 5.35. The summed E-state index contributed by atoms with van der Waals surface area (Å²) in [6.07, 6.45) is 3.06. The average molecular weight is 478 g/mol. The van der Waals surface area contributed by atoms with Crippen molar-refractivity contribution >= 4 is 46.7 Å². The number of hydrogen-bond acceptors (Lipinski definition) is 5. The Kier molecular flexibility index (Phi) is 6.43. The van der Waals surface area contributed by atoms with Crippen molar-refractivity contribution in [1.29, 1.82) is 0 Å². The Morgan fingerprint density at radius 2 is 1.72 bits per heavy atom. The molecule has 2 saturated heterocycles. The normalized spacial score (nSPS) is 16.2. The maximum Gasteiger partial charge on any atom is 0.329 e. The van der Waals surface area contributed by atoms with Crippen LogP contribution < -0.4 is 19.7 Å². The zero-order valence-electron chi connectivity index (χ0n) is 17.3. The second-order valence-electron chi connectivity index (χ2n) is 7.50. The van der Waals surface area contributed by atoms with E-state index in [0.29, 0.717) is 35.8 Å². The van der Waals surface area contributed by atoms with Crippen molar-refractivity contribution in [2.75, 3.05) is 31.6 Å². The van der Waals surface area contributed by atoms with E-state index in [1.807, 2.05) is 4.90 Å². The van der Waals surface area contributed by atoms with Crippen molar-refractivity contribution in [2.24, 2.45) is 0 Å². The summed E-state index contributed by atoms with van der Waals surface area (Å²) in [7, 11) is 1.51. The second-order valence-corrected chi connectivity index (χ2v) is 8.31. The fourth-order valence-electron chi connectivity index (χ4n) is 3.75. The number of benzene rings is 2. The predicted octanol–water partition coefficient (Wildman–Crippen LogP) is 4.48. The smallest absolute Gasteiger partial charge is 0.329 e. The van der Waals surface area contributed by atoms with Crippen molar-refractivity contribution in [3.63, 3.8) is 0 Å². The number of urea groups is 1. The molecule has 32 heavy (non-hydrogen) atoms. The molecular weight excluding hydrogens is 457 g/mol. The Morgan fingerprint density at radius 3 is 2.31 bits per heavy atom. The number of methoxy groups -OCH3 is 1. The first kappa shape index (κ1) is 22.2. The third-order valence-corrected chi connectivity index (χ3v) is 5.91. The number of piperidine rings is 1. The molecule has 8 nitrogen and oxygen atoms in total. The molecule has 4 rings (SSSR count). The van der Waals surface area contributed by atoms with Crippen LogP contribution in [0.15, 0.2) is 30.3 Å². The molecule has 10 heteroatoms. The Balaban J connectivity index is 1.60. The molecule has 0 saturated carbocycles. The molecular formula is C22H21Cl2N3O5. The molecule has 2 heterocycles. The number of amides is 4. The summed E-state index contributed by atoms with van der Waals surface area (Å²) in [4.78, 5) is 39.4. The fraction of sp³-hybridized carbons (Fsp3) is 0.318.